The number of ether oxygens (including phenoxy) is 1. The maximum Gasteiger partial charge on any atom is 0.493 e. The van der Waals surface area contributed by atoms with Gasteiger partial charge in [0.25, 0.3) is 0 Å². The molecule has 2 aliphatic heterocycles. The lowest BCUT2D eigenvalue weighted by molar-refractivity contribution is -0.135. The maximum absolute atomic E-state index is 13.5. The Morgan fingerprint density at radius 3 is 2.66 bits per heavy atom. The molecule has 5 rings (SSSR count). The van der Waals surface area contributed by atoms with Gasteiger partial charge in [0.1, 0.15) is 5.76 Å². The summed E-state index contributed by atoms with van der Waals surface area (Å²) in [6.45, 7) is 3.91. The van der Waals surface area contributed by atoms with E-state index in [9.17, 15) is 15.2 Å². The second kappa shape index (κ2) is 8.21. The van der Waals surface area contributed by atoms with Gasteiger partial charge >= 0.3 is 7.12 Å². The van der Waals surface area contributed by atoms with E-state index in [1.165, 1.54) is 0 Å². The van der Waals surface area contributed by atoms with Crippen molar-refractivity contribution in [2.45, 2.75) is 31.8 Å². The van der Waals surface area contributed by atoms with Crippen LogP contribution in [0.15, 0.2) is 48.0 Å². The molecule has 1 saturated heterocycles. The van der Waals surface area contributed by atoms with Gasteiger partial charge in [-0.15, -0.1) is 0 Å². The topological polar surface area (TPSA) is 88.8 Å². The lowest BCUT2D eigenvalue weighted by Gasteiger charge is -2.37. The first-order chi connectivity index (χ1) is 15.5. The van der Waals surface area contributed by atoms with Crippen LogP contribution in [0, 0.1) is 17.2 Å². The number of ketones is 1. The number of fused-ring (bicyclic) bond motifs is 2. The Morgan fingerprint density at radius 2 is 1.94 bits per heavy atom. The van der Waals surface area contributed by atoms with Gasteiger partial charge in [0.05, 0.1) is 18.2 Å². The second-order valence-electron chi connectivity index (χ2n) is 8.84. The summed E-state index contributed by atoms with van der Waals surface area (Å²) in [6, 6.07) is 14.8. The van der Waals surface area contributed by atoms with Crippen LogP contribution < -0.4 is 5.46 Å². The van der Waals surface area contributed by atoms with Crippen LogP contribution in [0.4, 0.5) is 0 Å². The van der Waals surface area contributed by atoms with E-state index >= 15 is 0 Å². The van der Waals surface area contributed by atoms with Crippen LogP contribution in [0.5, 0.6) is 0 Å². The highest BCUT2D eigenvalue weighted by Gasteiger charge is 2.47. The van der Waals surface area contributed by atoms with Crippen LogP contribution in [0.1, 0.15) is 42.0 Å². The fraction of sp³-hybridized carbons (Fsp3) is 0.360. The van der Waals surface area contributed by atoms with E-state index in [4.69, 9.17) is 14.0 Å². The monoisotopic (exact) mass is 429 g/mol. The molecule has 1 atom stereocenters. The van der Waals surface area contributed by atoms with Crippen molar-refractivity contribution in [1.82, 2.24) is 0 Å². The minimum Gasteiger partial charge on any atom is -0.493 e. The standard InChI is InChI=1S/C25H24BNO5/c1-16-14-31-26(32-15-16)19-7-4-17(5-8-19)12-25(29)22-9-6-18(13-27)11-21(22)23-20(24(25)28)3-2-10-30-23/h4-9,11,16,29H,2-3,10,12,14-15H2,1H3. The molecule has 32 heavy (non-hydrogen) atoms. The third kappa shape index (κ3) is 3.55. The fourth-order valence-electron chi connectivity index (χ4n) is 4.67. The molecule has 6 nitrogen and oxygen atoms in total. The molecule has 0 radical (unpaired) electrons. The first-order valence-corrected chi connectivity index (χ1v) is 11.0. The summed E-state index contributed by atoms with van der Waals surface area (Å²) in [5.74, 6) is 0.567. The zero-order valence-corrected chi connectivity index (χ0v) is 18.0. The summed E-state index contributed by atoms with van der Waals surface area (Å²) in [5, 5.41) is 21.1. The highest BCUT2D eigenvalue weighted by molar-refractivity contribution is 6.61. The third-order valence-corrected chi connectivity index (χ3v) is 6.36. The Hall–Kier alpha value is -2.92. The van der Waals surface area contributed by atoms with Crippen molar-refractivity contribution in [3.8, 4) is 6.07 Å². The highest BCUT2D eigenvalue weighted by atomic mass is 16.6. The lowest BCUT2D eigenvalue weighted by atomic mass is 9.72. The molecule has 2 heterocycles. The van der Waals surface area contributed by atoms with Crippen LogP contribution in [-0.4, -0.2) is 37.8 Å². The van der Waals surface area contributed by atoms with Gasteiger partial charge in [0, 0.05) is 36.3 Å². The summed E-state index contributed by atoms with van der Waals surface area (Å²) >= 11 is 0. The Balaban J connectivity index is 1.47. The van der Waals surface area contributed by atoms with Gasteiger partial charge in [0.2, 0.25) is 0 Å². The quantitative estimate of drug-likeness (QED) is 0.755. The maximum atomic E-state index is 13.5. The Bertz CT molecular complexity index is 1130. The number of carbonyl (C=O) groups excluding carboxylic acids is 1. The van der Waals surface area contributed by atoms with Crippen LogP contribution in [0.25, 0.3) is 5.76 Å². The molecule has 1 N–H and O–H groups in total. The van der Waals surface area contributed by atoms with E-state index in [0.29, 0.717) is 60.2 Å². The normalized spacial score (nSPS) is 23.3. The van der Waals surface area contributed by atoms with Crippen molar-refractivity contribution >= 4 is 24.1 Å². The Morgan fingerprint density at radius 1 is 1.19 bits per heavy atom. The molecule has 0 amide bonds. The van der Waals surface area contributed by atoms with Crippen molar-refractivity contribution in [2.24, 2.45) is 5.92 Å². The van der Waals surface area contributed by atoms with Gasteiger partial charge in [-0.05, 0) is 41.9 Å². The minimum atomic E-state index is -1.71. The molecular weight excluding hydrogens is 405 g/mol. The summed E-state index contributed by atoms with van der Waals surface area (Å²) in [6.07, 6.45) is 1.41. The molecule has 3 aliphatic rings. The Kier molecular flexibility index (Phi) is 5.38. The summed E-state index contributed by atoms with van der Waals surface area (Å²) in [7, 11) is -0.392. The summed E-state index contributed by atoms with van der Waals surface area (Å²) in [5.41, 5.74) is 2.12. The second-order valence-corrected chi connectivity index (χ2v) is 8.84. The van der Waals surface area contributed by atoms with Crippen molar-refractivity contribution in [3.05, 3.63) is 70.3 Å². The number of Topliss-reactive ketones (excluding diaryl/α,β-unsaturated/α-hetero) is 1. The van der Waals surface area contributed by atoms with E-state index in [1.54, 1.807) is 18.2 Å². The molecule has 1 fully saturated rings. The number of benzene rings is 2. The van der Waals surface area contributed by atoms with E-state index in [1.807, 2.05) is 24.3 Å². The number of nitrogens with zero attached hydrogens (tertiary/aromatic N) is 1. The Labute approximate surface area is 187 Å². The molecular formula is C25H24BNO5. The van der Waals surface area contributed by atoms with Gasteiger partial charge < -0.3 is 19.2 Å². The van der Waals surface area contributed by atoms with Crippen LogP contribution in [0.3, 0.4) is 0 Å². The van der Waals surface area contributed by atoms with Crippen LogP contribution in [-0.2, 0) is 30.9 Å². The first kappa shape index (κ1) is 21.0. The van der Waals surface area contributed by atoms with E-state index in [0.717, 1.165) is 17.4 Å². The van der Waals surface area contributed by atoms with Gasteiger partial charge in [-0.3, -0.25) is 4.79 Å². The molecule has 0 spiro atoms. The van der Waals surface area contributed by atoms with Gasteiger partial charge in [-0.25, -0.2) is 0 Å². The van der Waals surface area contributed by atoms with Gasteiger partial charge in [0.15, 0.2) is 11.4 Å². The summed E-state index contributed by atoms with van der Waals surface area (Å²) < 4.78 is 17.3. The highest BCUT2D eigenvalue weighted by Crippen LogP contribution is 2.44. The van der Waals surface area contributed by atoms with Crippen LogP contribution >= 0.6 is 0 Å². The molecule has 2 aromatic carbocycles. The molecule has 2 aromatic rings. The van der Waals surface area contributed by atoms with E-state index in [-0.39, 0.29) is 12.2 Å². The molecule has 7 heteroatoms. The lowest BCUT2D eigenvalue weighted by Crippen LogP contribution is -2.44. The average molecular weight is 429 g/mol. The van der Waals surface area contributed by atoms with Crippen molar-refractivity contribution < 1.29 is 23.9 Å². The molecule has 1 aliphatic carbocycles. The number of hydrogen-bond acceptors (Lipinski definition) is 6. The molecule has 1 unspecified atom stereocenters. The predicted molar refractivity (Wildman–Crippen MR) is 119 cm³/mol. The molecule has 162 valence electrons. The van der Waals surface area contributed by atoms with Crippen molar-refractivity contribution in [1.29, 1.82) is 5.26 Å². The smallest absolute Gasteiger partial charge is 0.493 e. The number of rotatable bonds is 3. The van der Waals surface area contributed by atoms with E-state index < -0.39 is 12.7 Å². The van der Waals surface area contributed by atoms with Crippen molar-refractivity contribution in [3.63, 3.8) is 0 Å². The fourth-order valence-corrected chi connectivity index (χ4v) is 4.67. The number of carbonyl (C=O) groups is 1. The molecule has 0 saturated carbocycles. The minimum absolute atomic E-state index is 0.130. The van der Waals surface area contributed by atoms with E-state index in [2.05, 4.69) is 13.0 Å². The first-order valence-electron chi connectivity index (χ1n) is 11.0. The largest absolute Gasteiger partial charge is 0.493 e. The van der Waals surface area contributed by atoms with Gasteiger partial charge in [-0.1, -0.05) is 37.3 Å². The number of aliphatic hydroxyl groups is 1. The zero-order chi connectivity index (χ0) is 22.3. The number of hydrogen-bond donors (Lipinski definition) is 1. The van der Waals surface area contributed by atoms with Crippen molar-refractivity contribution in [2.75, 3.05) is 19.8 Å². The van der Waals surface area contributed by atoms with Gasteiger partial charge in [-0.2, -0.15) is 5.26 Å². The average Bonchev–Trinajstić information content (AvgIpc) is 2.83. The summed E-state index contributed by atoms with van der Waals surface area (Å²) in [4.78, 5) is 13.5. The molecule has 0 bridgehead atoms. The van der Waals surface area contributed by atoms with Crippen LogP contribution in [0.2, 0.25) is 0 Å². The zero-order valence-electron chi connectivity index (χ0n) is 18.0. The number of nitriles is 1. The SMILES string of the molecule is CC1COB(c2ccc(CC3(O)C(=O)C4=C(OCCC4)c4cc(C#N)ccc43)cc2)OC1. The third-order valence-electron chi connectivity index (χ3n) is 6.36. The molecule has 0 aromatic heterocycles. The predicted octanol–water partition coefficient (Wildman–Crippen LogP) is 2.47.